The third-order valence-corrected chi connectivity index (χ3v) is 2.25. The number of rotatable bonds is 1. The molecular weight excluding hydrogens is 148 g/mol. The first-order chi connectivity index (χ1) is 5.77. The Morgan fingerprint density at radius 2 is 2.08 bits per heavy atom. The summed E-state index contributed by atoms with van der Waals surface area (Å²) in [5.74, 6) is 0. The number of fused-ring (bicyclic) bond motifs is 1. The first-order valence-electron chi connectivity index (χ1n) is 4.38. The summed E-state index contributed by atoms with van der Waals surface area (Å²) < 4.78 is 0. The molecule has 1 heterocycles. The zero-order valence-electron chi connectivity index (χ0n) is 7.54. The van der Waals surface area contributed by atoms with Gasteiger partial charge in [-0.25, -0.2) is 5.01 Å². The van der Waals surface area contributed by atoms with Crippen molar-refractivity contribution in [2.24, 2.45) is 0 Å². The molecule has 0 fully saturated rings. The molecule has 2 rings (SSSR count). The van der Waals surface area contributed by atoms with Crippen molar-refractivity contribution in [1.29, 1.82) is 0 Å². The largest absolute Gasteiger partial charge is 0.318 e. The SMILES string of the molecule is CC(C)N1Cc2ccccc2N1. The molecule has 12 heavy (non-hydrogen) atoms. The van der Waals surface area contributed by atoms with Crippen LogP contribution in [0.15, 0.2) is 24.3 Å². The van der Waals surface area contributed by atoms with E-state index in [0.717, 1.165) is 6.54 Å². The van der Waals surface area contributed by atoms with Crippen LogP contribution in [0.5, 0.6) is 0 Å². The fourth-order valence-electron chi connectivity index (χ4n) is 1.46. The number of hydrogen-bond donors (Lipinski definition) is 1. The molecule has 1 aliphatic rings. The molecule has 64 valence electrons. The lowest BCUT2D eigenvalue weighted by Gasteiger charge is -2.20. The average molecular weight is 162 g/mol. The van der Waals surface area contributed by atoms with E-state index in [2.05, 4.69) is 48.5 Å². The minimum Gasteiger partial charge on any atom is -0.318 e. The quantitative estimate of drug-likeness (QED) is 0.681. The molecule has 0 atom stereocenters. The van der Waals surface area contributed by atoms with E-state index >= 15 is 0 Å². The third kappa shape index (κ3) is 1.18. The molecule has 1 N–H and O–H groups in total. The van der Waals surface area contributed by atoms with Crippen molar-refractivity contribution in [3.8, 4) is 0 Å². The summed E-state index contributed by atoms with van der Waals surface area (Å²) in [5, 5.41) is 2.24. The fraction of sp³-hybridized carbons (Fsp3) is 0.400. The molecule has 2 heteroatoms. The van der Waals surface area contributed by atoms with Crippen molar-refractivity contribution in [3.63, 3.8) is 0 Å². The molecule has 0 bridgehead atoms. The van der Waals surface area contributed by atoms with Gasteiger partial charge in [0.15, 0.2) is 0 Å². The van der Waals surface area contributed by atoms with Crippen molar-refractivity contribution < 1.29 is 0 Å². The molecule has 0 saturated heterocycles. The van der Waals surface area contributed by atoms with Crippen LogP contribution in [0.1, 0.15) is 19.4 Å². The minimum absolute atomic E-state index is 0.553. The van der Waals surface area contributed by atoms with Crippen LogP contribution >= 0.6 is 0 Å². The van der Waals surface area contributed by atoms with Gasteiger partial charge < -0.3 is 5.43 Å². The maximum absolute atomic E-state index is 3.37. The van der Waals surface area contributed by atoms with Crippen LogP contribution in [0.25, 0.3) is 0 Å². The van der Waals surface area contributed by atoms with Gasteiger partial charge in [0.25, 0.3) is 0 Å². The molecule has 0 aliphatic carbocycles. The van der Waals surface area contributed by atoms with Crippen LogP contribution in [-0.4, -0.2) is 11.1 Å². The standard InChI is InChI=1S/C10H14N2/c1-8(2)12-7-9-5-3-4-6-10(9)11-12/h3-6,8,11H,7H2,1-2H3. The summed E-state index contributed by atoms with van der Waals surface area (Å²) in [7, 11) is 0. The van der Waals surface area contributed by atoms with Crippen LogP contribution in [0.3, 0.4) is 0 Å². The van der Waals surface area contributed by atoms with Crippen LogP contribution in [0.4, 0.5) is 5.69 Å². The van der Waals surface area contributed by atoms with Gasteiger partial charge in [-0.1, -0.05) is 18.2 Å². The van der Waals surface area contributed by atoms with Crippen LogP contribution in [-0.2, 0) is 6.54 Å². The summed E-state index contributed by atoms with van der Waals surface area (Å²) >= 11 is 0. The summed E-state index contributed by atoms with van der Waals surface area (Å²) in [6.45, 7) is 5.41. The highest BCUT2D eigenvalue weighted by Crippen LogP contribution is 2.25. The predicted octanol–water partition coefficient (Wildman–Crippen LogP) is 2.24. The van der Waals surface area contributed by atoms with Gasteiger partial charge in [0.2, 0.25) is 0 Å². The highest BCUT2D eigenvalue weighted by Gasteiger charge is 2.18. The summed E-state index contributed by atoms with van der Waals surface area (Å²) in [5.41, 5.74) is 6.02. The molecular formula is C10H14N2. The van der Waals surface area contributed by atoms with E-state index in [0.29, 0.717) is 6.04 Å². The van der Waals surface area contributed by atoms with Crippen molar-refractivity contribution >= 4 is 5.69 Å². The van der Waals surface area contributed by atoms with E-state index < -0.39 is 0 Å². The number of hydrazine groups is 1. The molecule has 0 aromatic heterocycles. The Morgan fingerprint density at radius 1 is 1.33 bits per heavy atom. The highest BCUT2D eigenvalue weighted by molar-refractivity contribution is 5.53. The molecule has 0 radical (unpaired) electrons. The normalized spacial score (nSPS) is 16.2. The zero-order valence-corrected chi connectivity index (χ0v) is 7.54. The monoisotopic (exact) mass is 162 g/mol. The molecule has 2 nitrogen and oxygen atoms in total. The Labute approximate surface area is 73.2 Å². The summed E-state index contributed by atoms with van der Waals surface area (Å²) in [4.78, 5) is 0. The van der Waals surface area contributed by atoms with E-state index in [1.165, 1.54) is 11.3 Å². The molecule has 1 aliphatic heterocycles. The molecule has 1 aromatic carbocycles. The number of anilines is 1. The second-order valence-electron chi connectivity index (χ2n) is 3.49. The van der Waals surface area contributed by atoms with Gasteiger partial charge in [0, 0.05) is 12.6 Å². The number of nitrogens with zero attached hydrogens (tertiary/aromatic N) is 1. The van der Waals surface area contributed by atoms with E-state index in [9.17, 15) is 0 Å². The Kier molecular flexibility index (Phi) is 1.77. The maximum atomic E-state index is 3.37. The second kappa shape index (κ2) is 2.79. The maximum Gasteiger partial charge on any atom is 0.0536 e. The van der Waals surface area contributed by atoms with Gasteiger partial charge in [-0.05, 0) is 25.5 Å². The molecule has 0 spiro atoms. The van der Waals surface area contributed by atoms with Gasteiger partial charge in [-0.3, -0.25) is 0 Å². The Bertz CT molecular complexity index is 256. The Balaban J connectivity index is 2.22. The third-order valence-electron chi connectivity index (χ3n) is 2.25. The van der Waals surface area contributed by atoms with Crippen LogP contribution < -0.4 is 5.43 Å². The van der Waals surface area contributed by atoms with Crippen molar-refractivity contribution in [3.05, 3.63) is 29.8 Å². The highest BCUT2D eigenvalue weighted by atomic mass is 15.5. The average Bonchev–Trinajstić information content (AvgIpc) is 2.46. The topological polar surface area (TPSA) is 15.3 Å². The van der Waals surface area contributed by atoms with Gasteiger partial charge in [-0.15, -0.1) is 0 Å². The predicted molar refractivity (Wildman–Crippen MR) is 50.7 cm³/mol. The Hall–Kier alpha value is -1.02. The van der Waals surface area contributed by atoms with Crippen LogP contribution in [0.2, 0.25) is 0 Å². The van der Waals surface area contributed by atoms with E-state index in [4.69, 9.17) is 0 Å². The van der Waals surface area contributed by atoms with E-state index in [1.807, 2.05) is 0 Å². The molecule has 0 unspecified atom stereocenters. The molecule has 1 aromatic rings. The number of hydrogen-bond acceptors (Lipinski definition) is 2. The summed E-state index contributed by atoms with van der Waals surface area (Å²) in [6, 6.07) is 9.00. The first kappa shape index (κ1) is 7.62. The number of nitrogens with one attached hydrogen (secondary N) is 1. The fourth-order valence-corrected chi connectivity index (χ4v) is 1.46. The van der Waals surface area contributed by atoms with Crippen molar-refractivity contribution in [2.75, 3.05) is 5.43 Å². The van der Waals surface area contributed by atoms with E-state index in [1.54, 1.807) is 0 Å². The molecule has 0 amide bonds. The van der Waals surface area contributed by atoms with Gasteiger partial charge in [0.1, 0.15) is 0 Å². The smallest absolute Gasteiger partial charge is 0.0536 e. The lowest BCUT2D eigenvalue weighted by atomic mass is 10.2. The lowest BCUT2D eigenvalue weighted by Crippen LogP contribution is -2.30. The van der Waals surface area contributed by atoms with Gasteiger partial charge in [-0.2, -0.15) is 0 Å². The lowest BCUT2D eigenvalue weighted by molar-refractivity contribution is 0.279. The second-order valence-corrected chi connectivity index (χ2v) is 3.49. The zero-order chi connectivity index (χ0) is 8.55. The van der Waals surface area contributed by atoms with Crippen molar-refractivity contribution in [1.82, 2.24) is 5.01 Å². The Morgan fingerprint density at radius 3 is 2.75 bits per heavy atom. The number of benzene rings is 1. The van der Waals surface area contributed by atoms with Gasteiger partial charge in [0.05, 0.1) is 5.69 Å². The summed E-state index contributed by atoms with van der Waals surface area (Å²) in [6.07, 6.45) is 0. The number of para-hydroxylation sites is 1. The van der Waals surface area contributed by atoms with Crippen molar-refractivity contribution in [2.45, 2.75) is 26.4 Å². The van der Waals surface area contributed by atoms with Gasteiger partial charge >= 0.3 is 0 Å². The van der Waals surface area contributed by atoms with Crippen LogP contribution in [0, 0.1) is 0 Å². The molecule has 0 saturated carbocycles. The first-order valence-corrected chi connectivity index (χ1v) is 4.38. The van der Waals surface area contributed by atoms with E-state index in [-0.39, 0.29) is 0 Å². The minimum atomic E-state index is 0.553.